The number of para-hydroxylation sites is 1. The third-order valence-corrected chi connectivity index (χ3v) is 4.76. The van der Waals surface area contributed by atoms with Crippen LogP contribution in [0.2, 0.25) is 0 Å². The first kappa shape index (κ1) is 17.0. The van der Waals surface area contributed by atoms with Gasteiger partial charge in [0.1, 0.15) is 11.2 Å². The number of nitrogens with one attached hydrogen (secondary N) is 2. The third-order valence-electron chi connectivity index (χ3n) is 4.76. The van der Waals surface area contributed by atoms with Crippen LogP contribution in [0.1, 0.15) is 22.8 Å². The van der Waals surface area contributed by atoms with E-state index in [9.17, 15) is 9.59 Å². The molecule has 6 nitrogen and oxygen atoms in total. The summed E-state index contributed by atoms with van der Waals surface area (Å²) in [5.74, 6) is -0.354. The number of aryl methyl sites for hydroxylation is 1. The van der Waals surface area contributed by atoms with Crippen molar-refractivity contribution in [3.63, 3.8) is 0 Å². The van der Waals surface area contributed by atoms with Gasteiger partial charge in [0.2, 0.25) is 0 Å². The lowest BCUT2D eigenvalue weighted by atomic mass is 10.1. The van der Waals surface area contributed by atoms with Crippen LogP contribution in [0.3, 0.4) is 0 Å². The first-order valence-electron chi connectivity index (χ1n) is 9.01. The molecule has 0 saturated heterocycles. The van der Waals surface area contributed by atoms with Gasteiger partial charge < -0.3 is 10.3 Å². The Balaban J connectivity index is 1.55. The molecule has 4 aromatic rings. The summed E-state index contributed by atoms with van der Waals surface area (Å²) in [6, 6.07) is 13.3. The molecule has 4 rings (SSSR count). The Morgan fingerprint density at radius 1 is 1.22 bits per heavy atom. The van der Waals surface area contributed by atoms with E-state index >= 15 is 0 Å². The number of pyridine rings is 2. The lowest BCUT2D eigenvalue weighted by Gasteiger charge is -2.10. The molecule has 0 fully saturated rings. The molecular formula is C21H20N4O2. The molecule has 0 saturated carbocycles. The van der Waals surface area contributed by atoms with Crippen molar-refractivity contribution in [2.24, 2.45) is 0 Å². The Morgan fingerprint density at radius 2 is 2.07 bits per heavy atom. The van der Waals surface area contributed by atoms with Crippen molar-refractivity contribution in [1.82, 2.24) is 19.9 Å². The summed E-state index contributed by atoms with van der Waals surface area (Å²) in [4.78, 5) is 32.8. The van der Waals surface area contributed by atoms with Gasteiger partial charge in [-0.1, -0.05) is 18.2 Å². The van der Waals surface area contributed by atoms with Gasteiger partial charge in [0.15, 0.2) is 0 Å². The second kappa shape index (κ2) is 7.07. The van der Waals surface area contributed by atoms with Gasteiger partial charge >= 0.3 is 0 Å². The second-order valence-electron chi connectivity index (χ2n) is 6.39. The number of benzene rings is 1. The Morgan fingerprint density at radius 3 is 2.93 bits per heavy atom. The monoisotopic (exact) mass is 360 g/mol. The molecule has 1 aromatic carbocycles. The third kappa shape index (κ3) is 3.10. The van der Waals surface area contributed by atoms with Crippen LogP contribution in [0, 0.1) is 0 Å². The minimum atomic E-state index is -0.354. The van der Waals surface area contributed by atoms with Gasteiger partial charge in [0.05, 0.1) is 0 Å². The van der Waals surface area contributed by atoms with E-state index in [1.165, 1.54) is 4.57 Å². The summed E-state index contributed by atoms with van der Waals surface area (Å²) in [6.45, 7) is 2.79. The van der Waals surface area contributed by atoms with Crippen LogP contribution in [-0.4, -0.2) is 27.0 Å². The van der Waals surface area contributed by atoms with Crippen LogP contribution in [0.5, 0.6) is 0 Å². The van der Waals surface area contributed by atoms with Gasteiger partial charge in [-0.3, -0.25) is 14.2 Å². The average Bonchev–Trinajstić information content (AvgIpc) is 3.11. The van der Waals surface area contributed by atoms with Gasteiger partial charge in [-0.2, -0.15) is 0 Å². The number of aromatic nitrogens is 3. The first-order chi connectivity index (χ1) is 13.2. The molecular weight excluding hydrogens is 340 g/mol. The maximum atomic E-state index is 12.7. The molecule has 0 bridgehead atoms. The Hall–Kier alpha value is -3.41. The van der Waals surface area contributed by atoms with E-state index in [-0.39, 0.29) is 17.0 Å². The lowest BCUT2D eigenvalue weighted by Crippen LogP contribution is -2.34. The molecule has 3 aromatic heterocycles. The molecule has 0 spiro atoms. The van der Waals surface area contributed by atoms with Gasteiger partial charge in [-0.05, 0) is 43.2 Å². The number of hydrogen-bond donors (Lipinski definition) is 2. The van der Waals surface area contributed by atoms with E-state index in [0.717, 1.165) is 21.9 Å². The highest BCUT2D eigenvalue weighted by Gasteiger charge is 2.15. The quantitative estimate of drug-likeness (QED) is 0.574. The van der Waals surface area contributed by atoms with Crippen LogP contribution >= 0.6 is 0 Å². The molecule has 0 aliphatic rings. The number of nitrogens with zero attached hydrogens (tertiary/aromatic N) is 2. The number of carbonyl (C=O) groups excluding carboxylic acids is 1. The van der Waals surface area contributed by atoms with Crippen molar-refractivity contribution >= 4 is 27.8 Å². The molecule has 0 aliphatic carbocycles. The van der Waals surface area contributed by atoms with Crippen LogP contribution in [-0.2, 0) is 13.0 Å². The van der Waals surface area contributed by atoms with Crippen LogP contribution in [0.4, 0.5) is 0 Å². The molecule has 2 N–H and O–H groups in total. The van der Waals surface area contributed by atoms with Crippen LogP contribution < -0.4 is 10.9 Å². The first-order valence-corrected chi connectivity index (χ1v) is 9.01. The number of rotatable bonds is 5. The zero-order valence-electron chi connectivity index (χ0n) is 15.0. The maximum absolute atomic E-state index is 12.7. The predicted molar refractivity (Wildman–Crippen MR) is 106 cm³/mol. The molecule has 6 heteroatoms. The van der Waals surface area contributed by atoms with Gasteiger partial charge in [0.25, 0.3) is 11.5 Å². The Labute approximate surface area is 155 Å². The standard InChI is InChI=1S/C21H20N4O2/c1-2-25-19-14(6-5-10-22-19)12-17(21(25)27)20(26)23-11-9-15-13-24-18-8-4-3-7-16(15)18/h3-8,10,12-13,24H,2,9,11H2,1H3,(H,23,26). The number of fused-ring (bicyclic) bond motifs is 2. The number of aromatic amines is 1. The summed E-state index contributed by atoms with van der Waals surface area (Å²) in [5.41, 5.74) is 2.65. The fraction of sp³-hybridized carbons (Fsp3) is 0.190. The average molecular weight is 360 g/mol. The maximum Gasteiger partial charge on any atom is 0.265 e. The molecule has 3 heterocycles. The van der Waals surface area contributed by atoms with Gasteiger partial charge in [-0.15, -0.1) is 0 Å². The van der Waals surface area contributed by atoms with E-state index in [2.05, 4.69) is 21.4 Å². The summed E-state index contributed by atoms with van der Waals surface area (Å²) >= 11 is 0. The molecule has 1 amide bonds. The van der Waals surface area contributed by atoms with E-state index in [1.54, 1.807) is 18.3 Å². The summed E-state index contributed by atoms with van der Waals surface area (Å²) in [7, 11) is 0. The van der Waals surface area contributed by atoms with Crippen LogP contribution in [0.25, 0.3) is 21.9 Å². The highest BCUT2D eigenvalue weighted by molar-refractivity contribution is 5.97. The van der Waals surface area contributed by atoms with E-state index < -0.39 is 0 Å². The summed E-state index contributed by atoms with van der Waals surface area (Å²) in [5, 5.41) is 4.80. The second-order valence-corrected chi connectivity index (χ2v) is 6.39. The number of carbonyl (C=O) groups is 1. The summed E-state index contributed by atoms with van der Waals surface area (Å²) in [6.07, 6.45) is 4.30. The van der Waals surface area contributed by atoms with Gasteiger partial charge in [0, 0.05) is 41.8 Å². The van der Waals surface area contributed by atoms with Crippen LogP contribution in [0.15, 0.2) is 59.7 Å². The Kier molecular flexibility index (Phi) is 4.46. The smallest absolute Gasteiger partial charge is 0.265 e. The normalized spacial score (nSPS) is 11.1. The van der Waals surface area contributed by atoms with E-state index in [1.807, 2.05) is 37.4 Å². The minimum Gasteiger partial charge on any atom is -0.361 e. The molecule has 27 heavy (non-hydrogen) atoms. The van der Waals surface area contributed by atoms with E-state index in [0.29, 0.717) is 25.2 Å². The minimum absolute atomic E-state index is 0.149. The van der Waals surface area contributed by atoms with Crippen molar-refractivity contribution in [3.05, 3.63) is 76.3 Å². The molecule has 0 atom stereocenters. The predicted octanol–water partition coefficient (Wildman–Crippen LogP) is 2.87. The fourth-order valence-corrected chi connectivity index (χ4v) is 3.41. The van der Waals surface area contributed by atoms with Gasteiger partial charge in [-0.25, -0.2) is 4.98 Å². The lowest BCUT2D eigenvalue weighted by molar-refractivity contribution is 0.0952. The topological polar surface area (TPSA) is 79.8 Å². The summed E-state index contributed by atoms with van der Waals surface area (Å²) < 4.78 is 1.53. The zero-order chi connectivity index (χ0) is 18.8. The zero-order valence-corrected chi connectivity index (χ0v) is 15.0. The van der Waals surface area contributed by atoms with Crippen molar-refractivity contribution < 1.29 is 4.79 Å². The number of hydrogen-bond acceptors (Lipinski definition) is 3. The molecule has 0 unspecified atom stereocenters. The molecule has 0 aliphatic heterocycles. The van der Waals surface area contributed by atoms with Crippen molar-refractivity contribution in [2.45, 2.75) is 19.9 Å². The van der Waals surface area contributed by atoms with Crippen molar-refractivity contribution in [2.75, 3.05) is 6.54 Å². The molecule has 0 radical (unpaired) electrons. The molecule has 136 valence electrons. The number of amides is 1. The fourth-order valence-electron chi connectivity index (χ4n) is 3.41. The largest absolute Gasteiger partial charge is 0.361 e. The Bertz CT molecular complexity index is 1190. The van der Waals surface area contributed by atoms with E-state index in [4.69, 9.17) is 0 Å². The SMILES string of the molecule is CCn1c(=O)c(C(=O)NCCc2c[nH]c3ccccc23)cc2cccnc21. The number of H-pyrrole nitrogens is 1. The highest BCUT2D eigenvalue weighted by atomic mass is 16.2. The van der Waals surface area contributed by atoms with Crippen molar-refractivity contribution in [3.8, 4) is 0 Å². The highest BCUT2D eigenvalue weighted by Crippen LogP contribution is 2.17. The van der Waals surface area contributed by atoms with Crippen molar-refractivity contribution in [1.29, 1.82) is 0 Å².